The fraction of sp³-hybridized carbons (Fsp3) is 0.312. The maximum Gasteiger partial charge on any atom is 0.294 e. The Labute approximate surface area is 162 Å². The molecule has 2 aliphatic rings. The molecule has 1 aromatic rings. The molecule has 3 amide bonds. The third kappa shape index (κ3) is 4.15. The molecule has 0 atom stereocenters. The summed E-state index contributed by atoms with van der Waals surface area (Å²) < 4.78 is 5.84. The van der Waals surface area contributed by atoms with E-state index in [1.807, 2.05) is 22.6 Å². The van der Waals surface area contributed by atoms with Gasteiger partial charge in [-0.25, -0.2) is 0 Å². The number of imide groups is 1. The first kappa shape index (κ1) is 18.2. The Bertz CT molecular complexity index is 761. The number of thioether (sulfide) groups is 1. The average molecular weight is 474 g/mol. The molecule has 0 bridgehead atoms. The lowest BCUT2D eigenvalue weighted by atomic mass is 10.2. The summed E-state index contributed by atoms with van der Waals surface area (Å²) in [5, 5.41) is 9.10. The van der Waals surface area contributed by atoms with Crippen LogP contribution in [0.1, 0.15) is 5.56 Å². The van der Waals surface area contributed by atoms with Gasteiger partial charge in [0, 0.05) is 13.1 Å². The van der Waals surface area contributed by atoms with Gasteiger partial charge in [-0.05, 0) is 58.1 Å². The van der Waals surface area contributed by atoms with Crippen LogP contribution >= 0.6 is 34.4 Å². The number of morpholine rings is 1. The molecule has 0 aliphatic carbocycles. The quantitative estimate of drug-likeness (QED) is 0.532. The van der Waals surface area contributed by atoms with Gasteiger partial charge in [-0.15, -0.1) is 0 Å². The molecule has 2 fully saturated rings. The molecular formula is C16H15IN2O5S. The largest absolute Gasteiger partial charge is 0.507 e. The first-order valence-corrected chi connectivity index (χ1v) is 9.44. The van der Waals surface area contributed by atoms with Gasteiger partial charge in [0.1, 0.15) is 12.3 Å². The first-order valence-electron chi connectivity index (χ1n) is 7.55. The topological polar surface area (TPSA) is 87.2 Å². The van der Waals surface area contributed by atoms with Crippen LogP contribution in [-0.4, -0.2) is 64.8 Å². The zero-order chi connectivity index (χ0) is 18.0. The standard InChI is InChI=1S/C16H15IN2O5S/c17-11-7-10(1-2-12(11)20)8-13-15(22)19(16(23)25-13)9-14(21)18-3-5-24-6-4-18/h1-2,7-8,20H,3-6,9H2/b13-8+. The van der Waals surface area contributed by atoms with Crippen LogP contribution in [0.2, 0.25) is 0 Å². The minimum absolute atomic E-state index is 0.155. The average Bonchev–Trinajstić information content (AvgIpc) is 2.86. The lowest BCUT2D eigenvalue weighted by molar-refractivity contribution is -0.139. The van der Waals surface area contributed by atoms with E-state index in [-0.39, 0.29) is 23.1 Å². The van der Waals surface area contributed by atoms with Crippen molar-refractivity contribution >= 4 is 57.5 Å². The molecule has 2 saturated heterocycles. The minimum Gasteiger partial charge on any atom is -0.507 e. The Morgan fingerprint density at radius 1 is 1.32 bits per heavy atom. The highest BCUT2D eigenvalue weighted by Gasteiger charge is 2.37. The van der Waals surface area contributed by atoms with Crippen molar-refractivity contribution in [2.45, 2.75) is 0 Å². The monoisotopic (exact) mass is 474 g/mol. The van der Waals surface area contributed by atoms with E-state index < -0.39 is 11.1 Å². The van der Waals surface area contributed by atoms with Gasteiger partial charge < -0.3 is 14.7 Å². The zero-order valence-electron chi connectivity index (χ0n) is 13.1. The minimum atomic E-state index is -0.473. The predicted octanol–water partition coefficient (Wildman–Crippen LogP) is 1.89. The van der Waals surface area contributed by atoms with Gasteiger partial charge in [0.2, 0.25) is 5.91 Å². The molecule has 25 heavy (non-hydrogen) atoms. The number of benzene rings is 1. The van der Waals surface area contributed by atoms with Crippen LogP contribution in [0, 0.1) is 3.57 Å². The molecule has 2 aliphatic heterocycles. The van der Waals surface area contributed by atoms with E-state index in [0.717, 1.165) is 16.7 Å². The lowest BCUT2D eigenvalue weighted by Gasteiger charge is -2.28. The van der Waals surface area contributed by atoms with E-state index in [9.17, 15) is 19.5 Å². The van der Waals surface area contributed by atoms with E-state index in [0.29, 0.717) is 35.4 Å². The second-order valence-corrected chi connectivity index (χ2v) is 7.63. The fourth-order valence-electron chi connectivity index (χ4n) is 2.45. The second kappa shape index (κ2) is 7.75. The Morgan fingerprint density at radius 2 is 2.04 bits per heavy atom. The number of nitrogens with zero attached hydrogens (tertiary/aromatic N) is 2. The number of aromatic hydroxyl groups is 1. The van der Waals surface area contributed by atoms with Gasteiger partial charge in [-0.1, -0.05) is 6.07 Å². The van der Waals surface area contributed by atoms with Crippen LogP contribution < -0.4 is 0 Å². The van der Waals surface area contributed by atoms with Crippen LogP contribution in [0.25, 0.3) is 6.08 Å². The van der Waals surface area contributed by atoms with Crippen molar-refractivity contribution in [3.05, 3.63) is 32.2 Å². The molecule has 7 nitrogen and oxygen atoms in total. The molecule has 1 N–H and O–H groups in total. The maximum absolute atomic E-state index is 12.5. The number of carbonyl (C=O) groups is 3. The van der Waals surface area contributed by atoms with Crippen molar-refractivity contribution in [2.75, 3.05) is 32.8 Å². The van der Waals surface area contributed by atoms with Crippen molar-refractivity contribution in [3.8, 4) is 5.75 Å². The summed E-state index contributed by atoms with van der Waals surface area (Å²) in [5.74, 6) is -0.576. The molecule has 0 saturated carbocycles. The highest BCUT2D eigenvalue weighted by molar-refractivity contribution is 14.1. The molecule has 0 spiro atoms. The normalized spacial score (nSPS) is 19.8. The molecule has 3 rings (SSSR count). The molecule has 1 aromatic carbocycles. The number of phenols is 1. The van der Waals surface area contributed by atoms with E-state index in [1.54, 1.807) is 23.1 Å². The SMILES string of the molecule is O=C(CN1C(=O)S/C(=C/c2ccc(O)c(I)c2)C1=O)N1CCOCC1. The molecular weight excluding hydrogens is 459 g/mol. The van der Waals surface area contributed by atoms with Gasteiger partial charge in [-0.2, -0.15) is 0 Å². The lowest BCUT2D eigenvalue weighted by Crippen LogP contribution is -2.46. The predicted molar refractivity (Wildman–Crippen MR) is 101 cm³/mol. The maximum atomic E-state index is 12.5. The number of carbonyl (C=O) groups excluding carboxylic acids is 3. The summed E-state index contributed by atoms with van der Waals surface area (Å²) in [6.07, 6.45) is 1.59. The zero-order valence-corrected chi connectivity index (χ0v) is 16.1. The Kier molecular flexibility index (Phi) is 5.64. The number of ether oxygens (including phenoxy) is 1. The highest BCUT2D eigenvalue weighted by Crippen LogP contribution is 2.33. The van der Waals surface area contributed by atoms with Crippen LogP contribution in [0.5, 0.6) is 5.75 Å². The van der Waals surface area contributed by atoms with E-state index in [2.05, 4.69) is 0 Å². The Hall–Kier alpha value is -1.59. The van der Waals surface area contributed by atoms with Gasteiger partial charge in [0.25, 0.3) is 11.1 Å². The van der Waals surface area contributed by atoms with Gasteiger partial charge in [0.15, 0.2) is 0 Å². The molecule has 0 unspecified atom stereocenters. The second-order valence-electron chi connectivity index (χ2n) is 5.47. The van der Waals surface area contributed by atoms with Crippen molar-refractivity contribution in [3.63, 3.8) is 0 Å². The van der Waals surface area contributed by atoms with Gasteiger partial charge in [0.05, 0.1) is 21.7 Å². The van der Waals surface area contributed by atoms with Gasteiger partial charge in [-0.3, -0.25) is 19.3 Å². The summed E-state index contributed by atoms with van der Waals surface area (Å²) >= 11 is 2.80. The Morgan fingerprint density at radius 3 is 2.72 bits per heavy atom. The summed E-state index contributed by atoms with van der Waals surface area (Å²) in [5.41, 5.74) is 0.701. The molecule has 132 valence electrons. The van der Waals surface area contributed by atoms with Crippen LogP contribution in [0.15, 0.2) is 23.1 Å². The highest BCUT2D eigenvalue weighted by atomic mass is 127. The van der Waals surface area contributed by atoms with E-state index in [4.69, 9.17) is 4.74 Å². The van der Waals surface area contributed by atoms with Crippen LogP contribution in [-0.2, 0) is 14.3 Å². The smallest absolute Gasteiger partial charge is 0.294 e. The fourth-order valence-corrected chi connectivity index (χ4v) is 3.83. The molecule has 9 heteroatoms. The van der Waals surface area contributed by atoms with Crippen molar-refractivity contribution in [2.24, 2.45) is 0 Å². The third-order valence-electron chi connectivity index (χ3n) is 3.80. The summed E-state index contributed by atoms with van der Waals surface area (Å²) in [4.78, 5) is 39.7. The molecule has 0 aromatic heterocycles. The van der Waals surface area contributed by atoms with Crippen LogP contribution in [0.3, 0.4) is 0 Å². The van der Waals surface area contributed by atoms with E-state index >= 15 is 0 Å². The number of hydrogen-bond donors (Lipinski definition) is 1. The number of amides is 3. The van der Waals surface area contributed by atoms with Crippen LogP contribution in [0.4, 0.5) is 4.79 Å². The first-order chi connectivity index (χ1) is 12.0. The third-order valence-corrected chi connectivity index (χ3v) is 5.57. The van der Waals surface area contributed by atoms with Crippen molar-refractivity contribution < 1.29 is 24.2 Å². The summed E-state index contributed by atoms with van der Waals surface area (Å²) in [6, 6.07) is 4.90. The number of hydrogen-bond acceptors (Lipinski definition) is 6. The summed E-state index contributed by atoms with van der Waals surface area (Å²) in [7, 11) is 0. The van der Waals surface area contributed by atoms with Crippen molar-refractivity contribution in [1.29, 1.82) is 0 Å². The number of phenolic OH excluding ortho intramolecular Hbond substituents is 1. The van der Waals surface area contributed by atoms with Crippen molar-refractivity contribution in [1.82, 2.24) is 9.80 Å². The number of rotatable bonds is 3. The van der Waals surface area contributed by atoms with Gasteiger partial charge >= 0.3 is 0 Å². The van der Waals surface area contributed by atoms with E-state index in [1.165, 1.54) is 6.07 Å². The Balaban J connectivity index is 1.72. The summed E-state index contributed by atoms with van der Waals surface area (Å²) in [6.45, 7) is 1.61. The molecule has 2 heterocycles. The molecule has 0 radical (unpaired) electrons. The number of halogens is 1.